The minimum atomic E-state index is -0.184. The topological polar surface area (TPSA) is 96.5 Å². The molecule has 0 amide bonds. The van der Waals surface area contributed by atoms with Crippen LogP contribution in [0.1, 0.15) is 11.3 Å². The fourth-order valence-electron chi connectivity index (χ4n) is 4.19. The summed E-state index contributed by atoms with van der Waals surface area (Å²) in [7, 11) is 0. The molecule has 186 valence electrons. The Morgan fingerprint density at radius 3 is 2.58 bits per heavy atom. The Hall–Kier alpha value is -4.11. The van der Waals surface area contributed by atoms with Crippen LogP contribution in [-0.4, -0.2) is 24.9 Å². The van der Waals surface area contributed by atoms with Gasteiger partial charge in [-0.05, 0) is 49.2 Å². The minimum absolute atomic E-state index is 0.184. The van der Waals surface area contributed by atoms with E-state index < -0.39 is 0 Å². The van der Waals surface area contributed by atoms with Crippen LogP contribution in [0.15, 0.2) is 95.0 Å². The number of aromatic nitrogens is 5. The van der Waals surface area contributed by atoms with Crippen LogP contribution in [0.3, 0.4) is 0 Å². The van der Waals surface area contributed by atoms with Crippen LogP contribution in [0.4, 0.5) is 0 Å². The maximum Gasteiger partial charge on any atom is 0.213 e. The summed E-state index contributed by atoms with van der Waals surface area (Å²) in [6.45, 7) is 2.28. The Kier molecular flexibility index (Phi) is 6.59. The van der Waals surface area contributed by atoms with Crippen molar-refractivity contribution in [2.45, 2.75) is 18.4 Å². The lowest BCUT2D eigenvalue weighted by Crippen LogP contribution is -2.17. The molecule has 4 aromatic heterocycles. The van der Waals surface area contributed by atoms with Gasteiger partial charge in [-0.2, -0.15) is 0 Å². The van der Waals surface area contributed by atoms with Gasteiger partial charge in [0, 0.05) is 57.8 Å². The average Bonchev–Trinajstić information content (AvgIpc) is 2.95. The molecule has 0 radical (unpaired) electrons. The van der Waals surface area contributed by atoms with Gasteiger partial charge in [-0.3, -0.25) is 19.5 Å². The Labute approximate surface area is 227 Å². The molecule has 0 spiro atoms. The summed E-state index contributed by atoms with van der Waals surface area (Å²) in [6, 6.07) is 21.3. The Morgan fingerprint density at radius 1 is 0.921 bits per heavy atom. The van der Waals surface area contributed by atoms with Crippen molar-refractivity contribution in [3.05, 3.63) is 112 Å². The van der Waals surface area contributed by atoms with Crippen LogP contribution in [0, 0.1) is 6.92 Å². The lowest BCUT2D eigenvalue weighted by atomic mass is 10.0. The van der Waals surface area contributed by atoms with Crippen LogP contribution in [0.2, 0.25) is 5.02 Å². The number of benzene rings is 2. The molecule has 7 nitrogen and oxygen atoms in total. The molecule has 0 bridgehead atoms. The second-order valence-corrected chi connectivity index (χ2v) is 10.1. The maximum absolute atomic E-state index is 13.5. The zero-order valence-corrected chi connectivity index (χ0v) is 21.8. The third-order valence-corrected chi connectivity index (χ3v) is 7.16. The lowest BCUT2D eigenvalue weighted by Gasteiger charge is -2.12. The Morgan fingerprint density at radius 2 is 1.76 bits per heavy atom. The lowest BCUT2D eigenvalue weighted by molar-refractivity contribution is 0.952. The summed E-state index contributed by atoms with van der Waals surface area (Å²) in [5.41, 5.74) is 5.59. The molecule has 2 aromatic carbocycles. The van der Waals surface area contributed by atoms with Crippen molar-refractivity contribution in [2.75, 3.05) is 0 Å². The quantitative estimate of drug-likeness (QED) is 0.239. The van der Waals surface area contributed by atoms with E-state index in [9.17, 15) is 4.79 Å². The molecule has 0 aliphatic carbocycles. The number of hydrogen-bond donors (Lipinski definition) is 2. The van der Waals surface area contributed by atoms with E-state index in [2.05, 4.69) is 19.7 Å². The zero-order valence-electron chi connectivity index (χ0n) is 20.3. The third-order valence-electron chi connectivity index (χ3n) is 6.10. The van der Waals surface area contributed by atoms with Gasteiger partial charge >= 0.3 is 0 Å². The first kappa shape index (κ1) is 24.2. The highest BCUT2D eigenvalue weighted by Crippen LogP contribution is 2.34. The van der Waals surface area contributed by atoms with Gasteiger partial charge in [-0.25, -0.2) is 9.97 Å². The highest BCUT2D eigenvalue weighted by Gasteiger charge is 2.18. The number of aryl methyl sites for hydroxylation is 1. The fraction of sp³-hybridized carbons (Fsp3) is 0.0690. The molecule has 6 rings (SSSR count). The monoisotopic (exact) mass is 536 g/mol. The van der Waals surface area contributed by atoms with Crippen LogP contribution >= 0.6 is 23.5 Å². The number of H-pyrrole nitrogens is 1. The zero-order chi connectivity index (χ0) is 26.1. The van der Waals surface area contributed by atoms with Crippen LogP contribution in [0.25, 0.3) is 44.6 Å². The summed E-state index contributed by atoms with van der Waals surface area (Å²) in [5.74, 6) is 0. The van der Waals surface area contributed by atoms with Crippen molar-refractivity contribution >= 4 is 45.6 Å². The minimum Gasteiger partial charge on any atom is -0.344 e. The maximum atomic E-state index is 13.5. The van der Waals surface area contributed by atoms with Gasteiger partial charge in [0.05, 0.1) is 21.9 Å². The number of nitrogens with one attached hydrogen (secondary N) is 2. The molecule has 2 N–H and O–H groups in total. The number of aromatic amines is 1. The van der Waals surface area contributed by atoms with Crippen molar-refractivity contribution in [1.29, 1.82) is 0 Å². The SMILES string of the molecule is Cc1ccc(SNCc2c[nH]c3nc(-c4ccccc4)c(-c4cc(Cl)c5ncccc5c4)nc3c2=O)cn1. The van der Waals surface area contributed by atoms with Crippen molar-refractivity contribution in [2.24, 2.45) is 0 Å². The summed E-state index contributed by atoms with van der Waals surface area (Å²) < 4.78 is 3.24. The van der Waals surface area contributed by atoms with E-state index in [1.54, 1.807) is 18.6 Å². The second kappa shape index (κ2) is 10.3. The van der Waals surface area contributed by atoms with Gasteiger partial charge in [0.25, 0.3) is 0 Å². The molecule has 6 aromatic rings. The van der Waals surface area contributed by atoms with Gasteiger partial charge < -0.3 is 4.98 Å². The third kappa shape index (κ3) is 4.77. The molecule has 0 saturated heterocycles. The van der Waals surface area contributed by atoms with E-state index in [4.69, 9.17) is 21.6 Å². The summed E-state index contributed by atoms with van der Waals surface area (Å²) >= 11 is 8.03. The van der Waals surface area contributed by atoms with Gasteiger partial charge in [0.15, 0.2) is 11.2 Å². The standard InChI is InChI=1S/C29H21ClN6OS/c1-17-9-10-22(16-32-17)38-34-15-21-14-33-29-27(28(21)37)35-26(25(36-29)18-6-3-2-4-7-18)20-12-19-8-5-11-31-24(19)23(30)13-20/h2-14,16,34H,15H2,1H3,(H,33,36,37). The predicted molar refractivity (Wildman–Crippen MR) is 153 cm³/mol. The van der Waals surface area contributed by atoms with Crippen molar-refractivity contribution < 1.29 is 0 Å². The molecule has 4 heterocycles. The molecule has 0 saturated carbocycles. The smallest absolute Gasteiger partial charge is 0.213 e. The highest BCUT2D eigenvalue weighted by atomic mass is 35.5. The van der Waals surface area contributed by atoms with Gasteiger partial charge in [0.1, 0.15) is 0 Å². The first-order valence-corrected chi connectivity index (χ1v) is 13.1. The largest absolute Gasteiger partial charge is 0.344 e. The number of nitrogens with zero attached hydrogens (tertiary/aromatic N) is 4. The number of fused-ring (bicyclic) bond motifs is 2. The predicted octanol–water partition coefficient (Wildman–Crippen LogP) is 6.35. The first-order chi connectivity index (χ1) is 18.6. The Balaban J connectivity index is 1.44. The van der Waals surface area contributed by atoms with E-state index >= 15 is 0 Å². The molecular formula is C29H21ClN6OS. The number of hydrogen-bond acceptors (Lipinski definition) is 7. The summed E-state index contributed by atoms with van der Waals surface area (Å²) in [5, 5.41) is 1.39. The Bertz CT molecular complexity index is 1840. The van der Waals surface area contributed by atoms with Crippen molar-refractivity contribution in [3.63, 3.8) is 0 Å². The van der Waals surface area contributed by atoms with Gasteiger partial charge in [-0.1, -0.05) is 48.0 Å². The molecule has 0 fully saturated rings. The van der Waals surface area contributed by atoms with Crippen molar-refractivity contribution in [3.8, 4) is 22.5 Å². The fourth-order valence-corrected chi connectivity index (χ4v) is 5.10. The van der Waals surface area contributed by atoms with Crippen LogP contribution in [-0.2, 0) is 6.54 Å². The molecule has 38 heavy (non-hydrogen) atoms. The van der Waals surface area contributed by atoms with E-state index in [1.807, 2.05) is 73.7 Å². The second-order valence-electron chi connectivity index (χ2n) is 8.72. The number of rotatable bonds is 6. The molecule has 0 aliphatic rings. The number of halogens is 1. The molecule has 0 aliphatic heterocycles. The summed E-state index contributed by atoms with van der Waals surface area (Å²) in [6.07, 6.45) is 5.19. The summed E-state index contributed by atoms with van der Waals surface area (Å²) in [4.78, 5) is 36.1. The van der Waals surface area contributed by atoms with Crippen LogP contribution < -0.4 is 10.2 Å². The van der Waals surface area contributed by atoms with E-state index in [1.165, 1.54) is 11.9 Å². The van der Waals surface area contributed by atoms with E-state index in [0.29, 0.717) is 39.7 Å². The molecule has 0 atom stereocenters. The van der Waals surface area contributed by atoms with E-state index in [-0.39, 0.29) is 10.9 Å². The average molecular weight is 537 g/mol. The van der Waals surface area contributed by atoms with Crippen molar-refractivity contribution in [1.82, 2.24) is 29.6 Å². The molecular weight excluding hydrogens is 516 g/mol. The molecule has 0 unspecified atom stereocenters. The van der Waals surface area contributed by atoms with E-state index in [0.717, 1.165) is 27.1 Å². The molecule has 9 heteroatoms. The van der Waals surface area contributed by atoms with Crippen LogP contribution in [0.5, 0.6) is 0 Å². The highest BCUT2D eigenvalue weighted by molar-refractivity contribution is 7.97. The normalized spacial score (nSPS) is 11.3. The first-order valence-electron chi connectivity index (χ1n) is 11.9. The van der Waals surface area contributed by atoms with Gasteiger partial charge in [-0.15, -0.1) is 0 Å². The van der Waals surface area contributed by atoms with Gasteiger partial charge in [0.2, 0.25) is 5.43 Å². The number of pyridine rings is 3.